The second kappa shape index (κ2) is 9.54. The van der Waals surface area contributed by atoms with E-state index < -0.39 is 11.9 Å². The van der Waals surface area contributed by atoms with Gasteiger partial charge in [0.15, 0.2) is 6.61 Å². The largest absolute Gasteiger partial charge is 0.462 e. The summed E-state index contributed by atoms with van der Waals surface area (Å²) in [6, 6.07) is 0. The van der Waals surface area contributed by atoms with Gasteiger partial charge in [0.05, 0.1) is 18.1 Å². The Morgan fingerprint density at radius 3 is 2.57 bits per heavy atom. The molecule has 2 aliphatic rings. The number of hydrogen-bond donors (Lipinski definition) is 1. The third-order valence-electron chi connectivity index (χ3n) is 5.53. The first-order valence-electron chi connectivity index (χ1n) is 10.3. The first kappa shape index (κ1) is 20.8. The van der Waals surface area contributed by atoms with Gasteiger partial charge in [-0.3, -0.25) is 9.59 Å². The van der Waals surface area contributed by atoms with Crippen LogP contribution < -0.4 is 5.32 Å². The molecular formula is C21H29NO5S. The predicted molar refractivity (Wildman–Crippen MR) is 108 cm³/mol. The van der Waals surface area contributed by atoms with Crippen molar-refractivity contribution in [1.29, 1.82) is 0 Å². The maximum Gasteiger partial charge on any atom is 0.341 e. The molecule has 1 aromatic heterocycles. The number of anilines is 1. The highest BCUT2D eigenvalue weighted by Gasteiger charge is 2.29. The summed E-state index contributed by atoms with van der Waals surface area (Å²) in [5.41, 5.74) is 1.47. The fraction of sp³-hybridized carbons (Fsp3) is 0.667. The molecule has 3 rings (SSSR count). The zero-order valence-corrected chi connectivity index (χ0v) is 17.5. The number of amides is 1. The molecule has 0 saturated heterocycles. The van der Waals surface area contributed by atoms with Gasteiger partial charge in [0, 0.05) is 4.88 Å². The van der Waals surface area contributed by atoms with Crippen molar-refractivity contribution in [2.24, 2.45) is 11.8 Å². The first-order chi connectivity index (χ1) is 13.5. The van der Waals surface area contributed by atoms with E-state index in [1.54, 1.807) is 6.92 Å². The van der Waals surface area contributed by atoms with Gasteiger partial charge in [-0.1, -0.05) is 26.2 Å². The standard InChI is InChI=1S/C21H29NO5S/c1-3-26-21(25)18-15-10-9-13(2)11-16(15)28-19(18)22-17(23)12-27-20(24)14-7-5-4-6-8-14/h13-14H,3-12H2,1-2H3,(H,22,23)/t13-/m1/s1. The van der Waals surface area contributed by atoms with E-state index in [0.29, 0.717) is 16.5 Å². The molecule has 0 radical (unpaired) electrons. The lowest BCUT2D eigenvalue weighted by Crippen LogP contribution is -2.26. The molecule has 7 heteroatoms. The van der Waals surface area contributed by atoms with Gasteiger partial charge in [-0.15, -0.1) is 11.3 Å². The lowest BCUT2D eigenvalue weighted by Gasteiger charge is -2.19. The Labute approximate surface area is 170 Å². The number of fused-ring (bicyclic) bond motifs is 1. The van der Waals surface area contributed by atoms with E-state index in [2.05, 4.69) is 12.2 Å². The summed E-state index contributed by atoms with van der Waals surface area (Å²) in [4.78, 5) is 38.1. The Kier molecular flexibility index (Phi) is 7.10. The molecule has 0 spiro atoms. The van der Waals surface area contributed by atoms with Gasteiger partial charge >= 0.3 is 11.9 Å². The topological polar surface area (TPSA) is 81.7 Å². The van der Waals surface area contributed by atoms with Crippen LogP contribution in [0.2, 0.25) is 0 Å². The molecule has 1 amide bonds. The van der Waals surface area contributed by atoms with Gasteiger partial charge in [0.2, 0.25) is 0 Å². The van der Waals surface area contributed by atoms with E-state index in [0.717, 1.165) is 61.8 Å². The SMILES string of the molecule is CCOC(=O)c1c(NC(=O)COC(=O)C2CCCCC2)sc2c1CC[C@@H](C)C2. The van der Waals surface area contributed by atoms with Gasteiger partial charge in [0.1, 0.15) is 5.00 Å². The summed E-state index contributed by atoms with van der Waals surface area (Å²) in [5, 5.41) is 3.29. The summed E-state index contributed by atoms with van der Waals surface area (Å²) >= 11 is 1.44. The lowest BCUT2D eigenvalue weighted by atomic mass is 9.88. The average Bonchev–Trinajstić information content (AvgIpc) is 3.03. The Hall–Kier alpha value is -1.89. The van der Waals surface area contributed by atoms with Crippen LogP contribution in [0.4, 0.5) is 5.00 Å². The smallest absolute Gasteiger partial charge is 0.341 e. The Balaban J connectivity index is 1.66. The van der Waals surface area contributed by atoms with Crippen molar-refractivity contribution >= 4 is 34.2 Å². The average molecular weight is 408 g/mol. The lowest BCUT2D eigenvalue weighted by molar-refractivity contribution is -0.152. The number of nitrogens with one attached hydrogen (secondary N) is 1. The number of thiophene rings is 1. The van der Waals surface area contributed by atoms with Gasteiger partial charge < -0.3 is 14.8 Å². The molecule has 1 heterocycles. The van der Waals surface area contributed by atoms with Crippen LogP contribution in [-0.4, -0.2) is 31.1 Å². The van der Waals surface area contributed by atoms with Crippen LogP contribution >= 0.6 is 11.3 Å². The van der Waals surface area contributed by atoms with Crippen LogP contribution in [0.3, 0.4) is 0 Å². The Bertz CT molecular complexity index is 735. The zero-order valence-electron chi connectivity index (χ0n) is 16.7. The van der Waals surface area contributed by atoms with Crippen molar-refractivity contribution in [3.05, 3.63) is 16.0 Å². The van der Waals surface area contributed by atoms with Crippen LogP contribution in [0.15, 0.2) is 0 Å². The van der Waals surface area contributed by atoms with Crippen molar-refractivity contribution in [2.45, 2.75) is 65.2 Å². The van der Waals surface area contributed by atoms with Gasteiger partial charge in [-0.25, -0.2) is 4.79 Å². The molecule has 6 nitrogen and oxygen atoms in total. The molecule has 1 fully saturated rings. The number of rotatable bonds is 6. The molecule has 0 aromatic carbocycles. The third-order valence-corrected chi connectivity index (χ3v) is 6.70. The molecule has 2 aliphatic carbocycles. The number of ether oxygens (including phenoxy) is 2. The van der Waals surface area contributed by atoms with E-state index in [9.17, 15) is 14.4 Å². The van der Waals surface area contributed by atoms with Gasteiger partial charge in [-0.2, -0.15) is 0 Å². The van der Waals surface area contributed by atoms with Gasteiger partial charge in [0.25, 0.3) is 5.91 Å². The van der Waals surface area contributed by atoms with E-state index in [-0.39, 0.29) is 25.1 Å². The number of hydrogen-bond acceptors (Lipinski definition) is 6. The van der Waals surface area contributed by atoms with E-state index in [1.807, 2.05) is 0 Å². The zero-order chi connectivity index (χ0) is 20.1. The molecule has 1 N–H and O–H groups in total. The van der Waals surface area contributed by atoms with Crippen LogP contribution in [0.1, 0.15) is 73.2 Å². The van der Waals surface area contributed by atoms with Crippen molar-refractivity contribution in [3.63, 3.8) is 0 Å². The maximum absolute atomic E-state index is 12.5. The van der Waals surface area contributed by atoms with Crippen LogP contribution in [0, 0.1) is 11.8 Å². The van der Waals surface area contributed by atoms with Crippen molar-refractivity contribution in [1.82, 2.24) is 0 Å². The molecule has 154 valence electrons. The van der Waals surface area contributed by atoms with Gasteiger partial charge in [-0.05, 0) is 50.5 Å². The van der Waals surface area contributed by atoms with Crippen molar-refractivity contribution in [2.75, 3.05) is 18.5 Å². The number of carbonyl (C=O) groups excluding carboxylic acids is 3. The first-order valence-corrected chi connectivity index (χ1v) is 11.1. The fourth-order valence-electron chi connectivity index (χ4n) is 4.01. The maximum atomic E-state index is 12.5. The molecule has 1 saturated carbocycles. The monoisotopic (exact) mass is 407 g/mol. The Morgan fingerprint density at radius 2 is 1.86 bits per heavy atom. The molecule has 0 aliphatic heterocycles. The normalized spacial score (nSPS) is 19.6. The highest BCUT2D eigenvalue weighted by atomic mass is 32.1. The number of carbonyl (C=O) groups is 3. The number of esters is 2. The van der Waals surface area contributed by atoms with Crippen molar-refractivity contribution < 1.29 is 23.9 Å². The third kappa shape index (κ3) is 4.93. The second-order valence-corrected chi connectivity index (χ2v) is 8.87. The highest BCUT2D eigenvalue weighted by Crippen LogP contribution is 2.40. The minimum atomic E-state index is -0.415. The minimum Gasteiger partial charge on any atom is -0.462 e. The molecule has 1 aromatic rings. The summed E-state index contributed by atoms with van der Waals surface area (Å²) in [5.74, 6) is -0.640. The van der Waals surface area contributed by atoms with E-state index >= 15 is 0 Å². The van der Waals surface area contributed by atoms with Crippen LogP contribution in [0.25, 0.3) is 0 Å². The van der Waals surface area contributed by atoms with Crippen LogP contribution in [-0.2, 0) is 31.9 Å². The summed E-state index contributed by atoms with van der Waals surface area (Å²) in [6.07, 6.45) is 7.63. The quantitative estimate of drug-likeness (QED) is 0.718. The summed E-state index contributed by atoms with van der Waals surface area (Å²) in [7, 11) is 0. The van der Waals surface area contributed by atoms with Crippen LogP contribution in [0.5, 0.6) is 0 Å². The molecule has 0 unspecified atom stereocenters. The molecular weight excluding hydrogens is 378 g/mol. The highest BCUT2D eigenvalue weighted by molar-refractivity contribution is 7.17. The Morgan fingerprint density at radius 1 is 1.11 bits per heavy atom. The van der Waals surface area contributed by atoms with E-state index in [4.69, 9.17) is 9.47 Å². The predicted octanol–water partition coefficient (Wildman–Crippen LogP) is 4.11. The summed E-state index contributed by atoms with van der Waals surface area (Å²) < 4.78 is 10.4. The molecule has 28 heavy (non-hydrogen) atoms. The fourth-order valence-corrected chi connectivity index (χ4v) is 5.43. The molecule has 1 atom stereocenters. The second-order valence-electron chi connectivity index (χ2n) is 7.77. The summed E-state index contributed by atoms with van der Waals surface area (Å²) in [6.45, 7) is 3.92. The van der Waals surface area contributed by atoms with Crippen molar-refractivity contribution in [3.8, 4) is 0 Å². The molecule has 0 bridgehead atoms. The minimum absolute atomic E-state index is 0.0906. The van der Waals surface area contributed by atoms with E-state index in [1.165, 1.54) is 11.3 Å².